The van der Waals surface area contributed by atoms with E-state index in [1.54, 1.807) is 4.72 Å². The van der Waals surface area contributed by atoms with E-state index in [9.17, 15) is 41.3 Å². The molecule has 1 heterocycles. The van der Waals surface area contributed by atoms with Gasteiger partial charge in [-0.2, -0.15) is 4.33 Å². The molecule has 0 spiro atoms. The Labute approximate surface area is 209 Å². The number of nitrogens with zero attached hydrogens (tertiary/aromatic N) is 1. The molecular formula is C10H14N2Na2O11S3. The third-order valence-electron chi connectivity index (χ3n) is 3.03. The summed E-state index contributed by atoms with van der Waals surface area (Å²) in [6, 6.07) is 0. The van der Waals surface area contributed by atoms with E-state index in [0.717, 1.165) is 0 Å². The van der Waals surface area contributed by atoms with Gasteiger partial charge in [0.2, 0.25) is 15.9 Å². The van der Waals surface area contributed by atoms with Gasteiger partial charge in [-0.1, -0.05) is 0 Å². The fraction of sp³-hybridized carbons (Fsp3) is 0.600. The smallest absolute Gasteiger partial charge is 0.748 e. The van der Waals surface area contributed by atoms with Crippen LogP contribution in [0.1, 0.15) is 6.42 Å². The Kier molecular flexibility index (Phi) is 14.4. The summed E-state index contributed by atoms with van der Waals surface area (Å²) in [6.07, 6.45) is 0.0241. The number of hydrogen-bond acceptors (Lipinski definition) is 12. The van der Waals surface area contributed by atoms with Gasteiger partial charge < -0.3 is 14.9 Å². The molecule has 2 amide bonds. The second-order valence-electron chi connectivity index (χ2n) is 4.99. The Hall–Kier alpha value is 0.570. The second kappa shape index (κ2) is 13.1. The third kappa shape index (κ3) is 10.1. The van der Waals surface area contributed by atoms with Crippen LogP contribution in [0, 0.1) is 5.92 Å². The number of rotatable bonds is 10. The van der Waals surface area contributed by atoms with Crippen LogP contribution in [0.4, 0.5) is 0 Å². The van der Waals surface area contributed by atoms with Gasteiger partial charge in [-0.05, 0) is 6.42 Å². The van der Waals surface area contributed by atoms with Gasteiger partial charge in [-0.25, -0.2) is 16.8 Å². The quantitative estimate of drug-likeness (QED) is 0.0569. The van der Waals surface area contributed by atoms with Crippen molar-refractivity contribution >= 4 is 44.0 Å². The zero-order chi connectivity index (χ0) is 20.1. The molecule has 0 fully saturated rings. The fourth-order valence-corrected chi connectivity index (χ4v) is 3.47. The summed E-state index contributed by atoms with van der Waals surface area (Å²) in [5.74, 6) is -6.02. The van der Waals surface area contributed by atoms with Crippen molar-refractivity contribution in [2.45, 2.75) is 6.42 Å². The first-order valence-corrected chi connectivity index (χ1v) is 11.0. The minimum Gasteiger partial charge on any atom is -0.748 e. The number of nitrogens with one attached hydrogen (secondary N) is 1. The molecule has 1 rings (SSSR count). The molecule has 1 unspecified atom stereocenters. The first-order chi connectivity index (χ1) is 11.9. The molecular weight excluding hydrogens is 466 g/mol. The Morgan fingerprint density at radius 1 is 1.25 bits per heavy atom. The van der Waals surface area contributed by atoms with Crippen LogP contribution in [0.25, 0.3) is 0 Å². The Morgan fingerprint density at radius 2 is 1.82 bits per heavy atom. The van der Waals surface area contributed by atoms with E-state index in [1.807, 2.05) is 0 Å². The predicted molar refractivity (Wildman–Crippen MR) is 81.7 cm³/mol. The van der Waals surface area contributed by atoms with Crippen molar-refractivity contribution in [2.75, 3.05) is 24.3 Å². The Bertz CT molecular complexity index is 799. The van der Waals surface area contributed by atoms with E-state index >= 15 is 0 Å². The maximum absolute atomic E-state index is 12.3. The minimum atomic E-state index is -4.73. The number of sulfonamides is 1. The first kappa shape index (κ1) is 30.8. The topological polar surface area (TPSA) is 202 Å². The van der Waals surface area contributed by atoms with E-state index in [2.05, 4.69) is 9.37 Å². The van der Waals surface area contributed by atoms with Gasteiger partial charge in [0.15, 0.2) is 5.70 Å². The standard InChI is InChI=1S/C10H16N2O11S3.2Na/c1-25(17,18)11-7-8(13)6(2-5-26(19,20)21)9(14)12(10(7)15)3-4-24-23-22-16;;/h6,11,13,16H,2-5H2,1H3,(H,19,20,21);;/q;2*+1/p-2. The molecule has 1 atom stereocenters. The summed E-state index contributed by atoms with van der Waals surface area (Å²) in [5.41, 5.74) is -0.841. The van der Waals surface area contributed by atoms with E-state index in [4.69, 9.17) is 0 Å². The van der Waals surface area contributed by atoms with Crippen molar-refractivity contribution in [1.29, 1.82) is 0 Å². The van der Waals surface area contributed by atoms with Crippen LogP contribution in [-0.4, -0.2) is 67.5 Å². The molecule has 18 heteroatoms. The molecule has 0 aromatic heterocycles. The average Bonchev–Trinajstić information content (AvgIpc) is 2.48. The maximum Gasteiger partial charge on any atom is 1.00 e. The normalized spacial score (nSPS) is 17.8. The minimum absolute atomic E-state index is 0. The first-order valence-electron chi connectivity index (χ1n) is 6.65. The van der Waals surface area contributed by atoms with Crippen LogP contribution in [0.3, 0.4) is 0 Å². The van der Waals surface area contributed by atoms with Crippen LogP contribution >= 0.6 is 12.0 Å². The van der Waals surface area contributed by atoms with Crippen molar-refractivity contribution in [3.8, 4) is 0 Å². The van der Waals surface area contributed by atoms with Gasteiger partial charge in [0.1, 0.15) is 5.76 Å². The molecule has 0 radical (unpaired) electrons. The monoisotopic (exact) mass is 480 g/mol. The number of aliphatic hydroxyl groups excluding tert-OH is 1. The van der Waals surface area contributed by atoms with E-state index < -0.39 is 61.5 Å². The van der Waals surface area contributed by atoms with Crippen LogP contribution in [-0.2, 0) is 39.1 Å². The molecule has 0 aromatic carbocycles. The molecule has 28 heavy (non-hydrogen) atoms. The summed E-state index contributed by atoms with van der Waals surface area (Å²) < 4.78 is 60.8. The van der Waals surface area contributed by atoms with Crippen molar-refractivity contribution in [3.05, 3.63) is 11.5 Å². The number of aliphatic hydroxyl groups is 1. The number of carbonyl (C=O) groups is 2. The molecule has 0 saturated heterocycles. The van der Waals surface area contributed by atoms with Gasteiger partial charge in [0, 0.05) is 30.1 Å². The summed E-state index contributed by atoms with van der Waals surface area (Å²) in [5, 5.41) is 22.8. The van der Waals surface area contributed by atoms with Crippen molar-refractivity contribution in [3.63, 3.8) is 0 Å². The van der Waals surface area contributed by atoms with Crippen LogP contribution in [0.2, 0.25) is 0 Å². The summed E-state index contributed by atoms with van der Waals surface area (Å²) >= 11 is 0.441. The van der Waals surface area contributed by atoms with Crippen molar-refractivity contribution in [1.82, 2.24) is 9.62 Å². The Balaban J connectivity index is 0. The predicted octanol–water partition coefficient (Wildman–Crippen LogP) is -8.89. The van der Waals surface area contributed by atoms with E-state index in [-0.39, 0.29) is 71.4 Å². The third-order valence-corrected chi connectivity index (χ3v) is 4.84. The SMILES string of the molecule is CS(=O)(=O)NC1=C(O)C(CCS(=O)(=O)[O-])C(=O)N(CCSOO[O-])C1=O.[Na+].[Na+]. The van der Waals surface area contributed by atoms with Gasteiger partial charge >= 0.3 is 59.1 Å². The Morgan fingerprint density at radius 3 is 2.29 bits per heavy atom. The molecule has 0 bridgehead atoms. The molecule has 1 aliphatic heterocycles. The average molecular weight is 480 g/mol. The summed E-state index contributed by atoms with van der Waals surface area (Å²) in [6.45, 7) is -0.380. The van der Waals surface area contributed by atoms with Crippen LogP contribution in [0.5, 0.6) is 0 Å². The summed E-state index contributed by atoms with van der Waals surface area (Å²) in [4.78, 5) is 25.1. The van der Waals surface area contributed by atoms with Crippen molar-refractivity contribution < 1.29 is 110 Å². The molecule has 1 aliphatic rings. The second-order valence-corrected chi connectivity index (χ2v) is 9.04. The van der Waals surface area contributed by atoms with Crippen LogP contribution < -0.4 is 69.1 Å². The maximum atomic E-state index is 12.3. The number of hydrogen-bond donors (Lipinski definition) is 2. The molecule has 0 aromatic rings. The molecule has 0 saturated carbocycles. The summed E-state index contributed by atoms with van der Waals surface area (Å²) in [7, 11) is -8.76. The number of imide groups is 1. The molecule has 2 N–H and O–H groups in total. The molecule has 0 aliphatic carbocycles. The largest absolute Gasteiger partial charge is 1.00 e. The van der Waals surface area contributed by atoms with E-state index in [0.29, 0.717) is 23.2 Å². The van der Waals surface area contributed by atoms with Gasteiger partial charge in [-0.15, -0.1) is 0 Å². The fourth-order valence-electron chi connectivity index (χ4n) is 2.02. The zero-order valence-electron chi connectivity index (χ0n) is 15.1. The molecule has 13 nitrogen and oxygen atoms in total. The number of carbonyl (C=O) groups excluding carboxylic acids is 2. The van der Waals surface area contributed by atoms with E-state index in [1.165, 1.54) is 0 Å². The van der Waals surface area contributed by atoms with Gasteiger partial charge in [-0.3, -0.25) is 24.2 Å². The van der Waals surface area contributed by atoms with Gasteiger partial charge in [0.25, 0.3) is 5.91 Å². The van der Waals surface area contributed by atoms with Crippen molar-refractivity contribution in [2.24, 2.45) is 5.92 Å². The van der Waals surface area contributed by atoms with Gasteiger partial charge in [0.05, 0.1) is 22.3 Å². The zero-order valence-corrected chi connectivity index (χ0v) is 21.6. The number of amides is 2. The van der Waals surface area contributed by atoms with Crippen LogP contribution in [0.15, 0.2) is 11.5 Å². The molecule has 150 valence electrons.